The molecule has 1 aromatic heterocycles. The molecule has 0 saturated carbocycles. The van der Waals surface area contributed by atoms with Crippen LogP contribution in [0.5, 0.6) is 5.75 Å². The van der Waals surface area contributed by atoms with Gasteiger partial charge in [0.2, 0.25) is 0 Å². The van der Waals surface area contributed by atoms with Crippen LogP contribution in [-0.2, 0) is 12.8 Å². The van der Waals surface area contributed by atoms with E-state index in [1.54, 1.807) is 11.3 Å². The van der Waals surface area contributed by atoms with Crippen molar-refractivity contribution in [3.8, 4) is 5.75 Å². The Hall–Kier alpha value is -0.0700. The molecule has 3 rings (SSSR count). The number of thiophene rings is 1. The topological polar surface area (TPSA) is 21.3 Å². The number of fused-ring (bicyclic) bond motifs is 1. The lowest BCUT2D eigenvalue weighted by Crippen LogP contribution is -2.19. The van der Waals surface area contributed by atoms with E-state index in [0.29, 0.717) is 0 Å². The van der Waals surface area contributed by atoms with Gasteiger partial charge in [0.25, 0.3) is 0 Å². The maximum absolute atomic E-state index is 6.25. The van der Waals surface area contributed by atoms with Crippen molar-refractivity contribution in [2.75, 3.05) is 13.7 Å². The van der Waals surface area contributed by atoms with Gasteiger partial charge in [-0.2, -0.15) is 0 Å². The van der Waals surface area contributed by atoms with Gasteiger partial charge in [-0.05, 0) is 80.2 Å². The Bertz CT molecular complexity index is 674. The van der Waals surface area contributed by atoms with E-state index in [-0.39, 0.29) is 6.04 Å². The van der Waals surface area contributed by atoms with Crippen LogP contribution in [0.2, 0.25) is 5.02 Å². The number of hydrogen-bond acceptors (Lipinski definition) is 3. The third kappa shape index (κ3) is 3.32. The third-order valence-corrected chi connectivity index (χ3v) is 6.26. The molecule has 0 bridgehead atoms. The van der Waals surface area contributed by atoms with E-state index in [1.807, 2.05) is 19.2 Å². The second kappa shape index (κ2) is 6.59. The number of hydrogen-bond donors (Lipinski definition) is 1. The summed E-state index contributed by atoms with van der Waals surface area (Å²) in [5.41, 5.74) is 3.64. The molecule has 1 atom stereocenters. The van der Waals surface area contributed by atoms with Gasteiger partial charge in [0.15, 0.2) is 0 Å². The number of rotatable bonds is 4. The van der Waals surface area contributed by atoms with Gasteiger partial charge in [0.05, 0.1) is 14.2 Å². The molecule has 1 aliphatic rings. The second-order valence-corrected chi connectivity index (χ2v) is 9.16. The van der Waals surface area contributed by atoms with Gasteiger partial charge in [0.1, 0.15) is 5.75 Å². The van der Waals surface area contributed by atoms with Gasteiger partial charge in [-0.25, -0.2) is 0 Å². The SMILES string of the molecule is CNC(Cc1cc(Cl)cc2c1OCC2)c1cc(Br)sc1Br. The Morgan fingerprint density at radius 1 is 1.38 bits per heavy atom. The van der Waals surface area contributed by atoms with Gasteiger partial charge >= 0.3 is 0 Å². The molecule has 0 saturated heterocycles. The van der Waals surface area contributed by atoms with Crippen LogP contribution in [0.25, 0.3) is 0 Å². The van der Waals surface area contributed by atoms with Crippen molar-refractivity contribution in [2.45, 2.75) is 18.9 Å². The number of benzene rings is 1. The standard InChI is InChI=1S/C15H14Br2ClNOS/c1-19-12(11-7-13(16)21-15(11)17)6-9-5-10(18)4-8-2-3-20-14(8)9/h4-5,7,12,19H,2-3,6H2,1H3. The van der Waals surface area contributed by atoms with Crippen molar-refractivity contribution in [2.24, 2.45) is 0 Å². The average Bonchev–Trinajstić information content (AvgIpc) is 3.02. The van der Waals surface area contributed by atoms with Crippen LogP contribution in [0.15, 0.2) is 25.8 Å². The number of ether oxygens (including phenoxy) is 1. The molecule has 21 heavy (non-hydrogen) atoms. The fourth-order valence-electron chi connectivity index (χ4n) is 2.68. The largest absolute Gasteiger partial charge is 0.493 e. The zero-order valence-corrected chi connectivity index (χ0v) is 16.1. The fraction of sp³-hybridized carbons (Fsp3) is 0.333. The fourth-order valence-corrected chi connectivity index (χ4v) is 5.91. The molecule has 1 aromatic carbocycles. The van der Waals surface area contributed by atoms with E-state index < -0.39 is 0 Å². The molecule has 6 heteroatoms. The quantitative estimate of drug-likeness (QED) is 0.675. The average molecular weight is 452 g/mol. The van der Waals surface area contributed by atoms with Crippen molar-refractivity contribution in [3.05, 3.63) is 47.5 Å². The van der Waals surface area contributed by atoms with E-state index in [2.05, 4.69) is 43.2 Å². The van der Waals surface area contributed by atoms with E-state index in [9.17, 15) is 0 Å². The van der Waals surface area contributed by atoms with Gasteiger partial charge in [-0.3, -0.25) is 0 Å². The maximum atomic E-state index is 6.25. The predicted octanol–water partition coefficient (Wildman–Crippen LogP) is 5.36. The van der Waals surface area contributed by atoms with Crippen LogP contribution >= 0.6 is 54.8 Å². The lowest BCUT2D eigenvalue weighted by atomic mass is 9.98. The molecular formula is C15H14Br2ClNOS. The first-order chi connectivity index (χ1) is 10.1. The molecule has 0 fully saturated rings. The van der Waals surface area contributed by atoms with Gasteiger partial charge in [-0.15, -0.1) is 11.3 Å². The summed E-state index contributed by atoms with van der Waals surface area (Å²) in [5.74, 6) is 1.02. The second-order valence-electron chi connectivity index (χ2n) is 4.98. The molecule has 1 aliphatic heterocycles. The van der Waals surface area contributed by atoms with E-state index >= 15 is 0 Å². The molecule has 1 N–H and O–H groups in total. The van der Waals surface area contributed by atoms with Crippen LogP contribution in [0.3, 0.4) is 0 Å². The molecule has 1 unspecified atom stereocenters. The first kappa shape index (κ1) is 15.8. The van der Waals surface area contributed by atoms with Crippen molar-refractivity contribution < 1.29 is 4.74 Å². The monoisotopic (exact) mass is 449 g/mol. The minimum absolute atomic E-state index is 0.216. The number of likely N-dealkylation sites (N-methyl/N-ethyl adjacent to an activating group) is 1. The maximum Gasteiger partial charge on any atom is 0.125 e. The number of halogens is 3. The van der Waals surface area contributed by atoms with E-state index in [4.69, 9.17) is 16.3 Å². The Morgan fingerprint density at radius 2 is 2.19 bits per heavy atom. The predicted molar refractivity (Wildman–Crippen MR) is 95.9 cm³/mol. The number of nitrogens with one attached hydrogen (secondary N) is 1. The Morgan fingerprint density at radius 3 is 2.86 bits per heavy atom. The Kier molecular flexibility index (Phi) is 4.96. The molecule has 0 spiro atoms. The summed E-state index contributed by atoms with van der Waals surface area (Å²) in [6.45, 7) is 0.751. The summed E-state index contributed by atoms with van der Waals surface area (Å²) >= 11 is 15.1. The van der Waals surface area contributed by atoms with Crippen molar-refractivity contribution in [1.29, 1.82) is 0 Å². The normalized spacial score (nSPS) is 14.9. The van der Waals surface area contributed by atoms with Crippen LogP contribution in [0, 0.1) is 0 Å². The highest BCUT2D eigenvalue weighted by Gasteiger charge is 2.22. The van der Waals surface area contributed by atoms with E-state index in [0.717, 1.165) is 37.8 Å². The van der Waals surface area contributed by atoms with Crippen molar-refractivity contribution >= 4 is 54.8 Å². The summed E-state index contributed by atoms with van der Waals surface area (Å²) < 4.78 is 8.07. The summed E-state index contributed by atoms with van der Waals surface area (Å²) in [6.07, 6.45) is 1.79. The summed E-state index contributed by atoms with van der Waals surface area (Å²) in [5, 5.41) is 4.18. The molecule has 0 amide bonds. The Balaban J connectivity index is 1.93. The van der Waals surface area contributed by atoms with Crippen molar-refractivity contribution in [3.63, 3.8) is 0 Å². The zero-order chi connectivity index (χ0) is 15.0. The molecule has 112 valence electrons. The first-order valence-corrected chi connectivity index (χ1v) is 9.42. The van der Waals surface area contributed by atoms with Gasteiger partial charge in [0, 0.05) is 17.5 Å². The Labute approximate surface area is 150 Å². The minimum Gasteiger partial charge on any atom is -0.493 e. The lowest BCUT2D eigenvalue weighted by molar-refractivity contribution is 0.352. The van der Waals surface area contributed by atoms with Gasteiger partial charge < -0.3 is 10.1 Å². The van der Waals surface area contributed by atoms with E-state index in [1.165, 1.54) is 16.7 Å². The van der Waals surface area contributed by atoms with Crippen LogP contribution in [-0.4, -0.2) is 13.7 Å². The molecule has 2 heterocycles. The minimum atomic E-state index is 0.216. The van der Waals surface area contributed by atoms with Crippen LogP contribution in [0.4, 0.5) is 0 Å². The summed E-state index contributed by atoms with van der Waals surface area (Å²) in [7, 11) is 1.98. The van der Waals surface area contributed by atoms with Crippen LogP contribution < -0.4 is 10.1 Å². The van der Waals surface area contributed by atoms with Crippen molar-refractivity contribution in [1.82, 2.24) is 5.32 Å². The van der Waals surface area contributed by atoms with Crippen LogP contribution in [0.1, 0.15) is 22.7 Å². The van der Waals surface area contributed by atoms with Gasteiger partial charge in [-0.1, -0.05) is 11.6 Å². The zero-order valence-electron chi connectivity index (χ0n) is 11.4. The highest BCUT2D eigenvalue weighted by molar-refractivity contribution is 9.12. The third-order valence-electron chi connectivity index (χ3n) is 3.66. The highest BCUT2D eigenvalue weighted by atomic mass is 79.9. The first-order valence-electron chi connectivity index (χ1n) is 6.64. The highest BCUT2D eigenvalue weighted by Crippen LogP contribution is 2.39. The molecule has 0 radical (unpaired) electrons. The molecule has 2 nitrogen and oxygen atoms in total. The summed E-state index contributed by atoms with van der Waals surface area (Å²) in [6, 6.07) is 6.40. The molecular weight excluding hydrogens is 437 g/mol. The molecule has 2 aromatic rings. The lowest BCUT2D eigenvalue weighted by Gasteiger charge is -2.18. The molecule has 0 aliphatic carbocycles. The summed E-state index contributed by atoms with van der Waals surface area (Å²) in [4.78, 5) is 0. The smallest absolute Gasteiger partial charge is 0.125 e.